The minimum Gasteiger partial charge on any atom is -0.368 e. The summed E-state index contributed by atoms with van der Waals surface area (Å²) in [6, 6.07) is 6.96. The second kappa shape index (κ2) is 6.00. The molecule has 0 aromatic heterocycles. The van der Waals surface area contributed by atoms with E-state index in [1.165, 1.54) is 0 Å². The summed E-state index contributed by atoms with van der Waals surface area (Å²) >= 11 is 0. The predicted octanol–water partition coefficient (Wildman–Crippen LogP) is 0.397. The third kappa shape index (κ3) is 4.65. The molecule has 17 heavy (non-hydrogen) atoms. The lowest BCUT2D eigenvalue weighted by atomic mass is 10.2. The molecule has 0 fully saturated rings. The van der Waals surface area contributed by atoms with Crippen molar-refractivity contribution in [2.24, 2.45) is 5.73 Å². The average molecular weight is 235 g/mol. The molecule has 4 N–H and O–H groups in total. The van der Waals surface area contributed by atoms with Crippen LogP contribution >= 0.6 is 0 Å². The lowest BCUT2D eigenvalue weighted by Crippen LogP contribution is -2.42. The first kappa shape index (κ1) is 13.2. The molecular formula is C12H17N3O2. The Kier molecular flexibility index (Phi) is 4.66. The van der Waals surface area contributed by atoms with E-state index in [-0.39, 0.29) is 12.5 Å². The smallest absolute Gasteiger partial charge is 0.238 e. The van der Waals surface area contributed by atoms with Crippen molar-refractivity contribution < 1.29 is 9.59 Å². The molecule has 0 bridgehead atoms. The number of amides is 2. The van der Waals surface area contributed by atoms with E-state index in [0.29, 0.717) is 0 Å². The number of rotatable bonds is 5. The van der Waals surface area contributed by atoms with E-state index in [2.05, 4.69) is 10.6 Å². The number of hydrogen-bond acceptors (Lipinski definition) is 3. The van der Waals surface area contributed by atoms with Gasteiger partial charge in [-0.05, 0) is 26.0 Å². The van der Waals surface area contributed by atoms with Gasteiger partial charge in [0.25, 0.3) is 0 Å². The number of anilines is 1. The van der Waals surface area contributed by atoms with Crippen LogP contribution < -0.4 is 16.4 Å². The van der Waals surface area contributed by atoms with Crippen molar-refractivity contribution in [1.82, 2.24) is 5.32 Å². The number of carbonyl (C=O) groups is 2. The highest BCUT2D eigenvalue weighted by molar-refractivity contribution is 5.92. The van der Waals surface area contributed by atoms with Crippen LogP contribution in [0.3, 0.4) is 0 Å². The van der Waals surface area contributed by atoms with Gasteiger partial charge in [-0.25, -0.2) is 0 Å². The maximum Gasteiger partial charge on any atom is 0.238 e. The molecule has 0 saturated heterocycles. The van der Waals surface area contributed by atoms with E-state index in [1.54, 1.807) is 6.92 Å². The zero-order valence-corrected chi connectivity index (χ0v) is 9.99. The summed E-state index contributed by atoms with van der Waals surface area (Å²) < 4.78 is 0. The molecule has 0 heterocycles. The fourth-order valence-electron chi connectivity index (χ4n) is 1.19. The second-order valence-electron chi connectivity index (χ2n) is 3.92. The highest BCUT2D eigenvalue weighted by Crippen LogP contribution is 2.07. The van der Waals surface area contributed by atoms with Crippen molar-refractivity contribution in [3.63, 3.8) is 0 Å². The van der Waals surface area contributed by atoms with Crippen LogP contribution in [0.15, 0.2) is 24.3 Å². The fourth-order valence-corrected chi connectivity index (χ4v) is 1.19. The van der Waals surface area contributed by atoms with E-state index >= 15 is 0 Å². The van der Waals surface area contributed by atoms with Gasteiger partial charge in [0.2, 0.25) is 11.8 Å². The summed E-state index contributed by atoms with van der Waals surface area (Å²) in [4.78, 5) is 22.2. The molecule has 1 atom stereocenters. The van der Waals surface area contributed by atoms with Crippen LogP contribution in [0, 0.1) is 6.92 Å². The summed E-state index contributed by atoms with van der Waals surface area (Å²) in [5.41, 5.74) is 6.92. The Hall–Kier alpha value is -1.88. The Balaban J connectivity index is 2.39. The van der Waals surface area contributed by atoms with Gasteiger partial charge < -0.3 is 11.1 Å². The molecule has 2 amide bonds. The van der Waals surface area contributed by atoms with E-state index in [4.69, 9.17) is 5.73 Å². The van der Waals surface area contributed by atoms with Crippen LogP contribution in [0.4, 0.5) is 5.69 Å². The van der Waals surface area contributed by atoms with Crippen molar-refractivity contribution >= 4 is 17.5 Å². The molecule has 0 aliphatic carbocycles. The number of carbonyl (C=O) groups excluding carboxylic acids is 2. The molecule has 0 aliphatic heterocycles. The van der Waals surface area contributed by atoms with Gasteiger partial charge in [0.05, 0.1) is 12.6 Å². The van der Waals surface area contributed by atoms with E-state index in [0.717, 1.165) is 11.3 Å². The lowest BCUT2D eigenvalue weighted by molar-refractivity contribution is -0.120. The molecule has 1 unspecified atom stereocenters. The molecule has 1 aromatic carbocycles. The van der Waals surface area contributed by atoms with Crippen molar-refractivity contribution in [3.05, 3.63) is 29.8 Å². The topological polar surface area (TPSA) is 84.2 Å². The minimum absolute atomic E-state index is 0.0536. The maximum atomic E-state index is 11.5. The van der Waals surface area contributed by atoms with Crippen LogP contribution in [0.2, 0.25) is 0 Å². The van der Waals surface area contributed by atoms with E-state index in [9.17, 15) is 9.59 Å². The molecule has 1 aromatic rings. The van der Waals surface area contributed by atoms with Gasteiger partial charge in [0, 0.05) is 5.69 Å². The first-order chi connectivity index (χ1) is 7.99. The van der Waals surface area contributed by atoms with Crippen LogP contribution in [-0.2, 0) is 9.59 Å². The Morgan fingerprint density at radius 1 is 1.29 bits per heavy atom. The zero-order valence-electron chi connectivity index (χ0n) is 9.99. The third-order valence-corrected chi connectivity index (χ3v) is 2.33. The number of nitrogens with one attached hydrogen (secondary N) is 2. The van der Waals surface area contributed by atoms with Crippen LogP contribution in [0.1, 0.15) is 12.5 Å². The minimum atomic E-state index is -0.515. The van der Waals surface area contributed by atoms with Gasteiger partial charge >= 0.3 is 0 Å². The van der Waals surface area contributed by atoms with E-state index < -0.39 is 11.9 Å². The summed E-state index contributed by atoms with van der Waals surface area (Å²) in [7, 11) is 0. The van der Waals surface area contributed by atoms with Crippen molar-refractivity contribution in [1.29, 1.82) is 0 Å². The van der Waals surface area contributed by atoms with Crippen molar-refractivity contribution in [3.8, 4) is 0 Å². The predicted molar refractivity (Wildman–Crippen MR) is 66.5 cm³/mol. The largest absolute Gasteiger partial charge is 0.368 e. The highest BCUT2D eigenvalue weighted by atomic mass is 16.2. The van der Waals surface area contributed by atoms with Gasteiger partial charge in [-0.2, -0.15) is 0 Å². The molecule has 5 nitrogen and oxygen atoms in total. The zero-order chi connectivity index (χ0) is 12.8. The lowest BCUT2D eigenvalue weighted by Gasteiger charge is -2.10. The number of aryl methyl sites for hydroxylation is 1. The summed E-state index contributed by atoms with van der Waals surface area (Å²) in [6.45, 7) is 3.64. The first-order valence-electron chi connectivity index (χ1n) is 5.38. The highest BCUT2D eigenvalue weighted by Gasteiger charge is 2.09. The summed E-state index contributed by atoms with van der Waals surface area (Å²) in [6.07, 6.45) is 0. The molecule has 5 heteroatoms. The standard InChI is InChI=1S/C12H17N3O2/c1-8-3-5-10(6-4-8)15-11(16)7-14-9(2)12(13)17/h3-6,9,14H,7H2,1-2H3,(H2,13,17)(H,15,16). The van der Waals surface area contributed by atoms with Gasteiger partial charge in [0.1, 0.15) is 0 Å². The van der Waals surface area contributed by atoms with Crippen LogP contribution in [-0.4, -0.2) is 24.4 Å². The average Bonchev–Trinajstić information content (AvgIpc) is 2.29. The Morgan fingerprint density at radius 3 is 2.41 bits per heavy atom. The Morgan fingerprint density at radius 2 is 1.88 bits per heavy atom. The summed E-state index contributed by atoms with van der Waals surface area (Å²) in [5.74, 6) is -0.685. The molecule has 0 spiro atoms. The fraction of sp³-hybridized carbons (Fsp3) is 0.333. The SMILES string of the molecule is Cc1ccc(NC(=O)CNC(C)C(N)=O)cc1. The maximum absolute atomic E-state index is 11.5. The van der Waals surface area contributed by atoms with Gasteiger partial charge in [-0.15, -0.1) is 0 Å². The number of primary amides is 1. The molecule has 1 rings (SSSR count). The normalized spacial score (nSPS) is 11.9. The first-order valence-corrected chi connectivity index (χ1v) is 5.38. The number of nitrogens with two attached hydrogens (primary N) is 1. The third-order valence-electron chi connectivity index (χ3n) is 2.33. The molecule has 0 saturated carbocycles. The molecule has 0 radical (unpaired) electrons. The van der Waals surface area contributed by atoms with Gasteiger partial charge in [-0.1, -0.05) is 17.7 Å². The van der Waals surface area contributed by atoms with Crippen LogP contribution in [0.5, 0.6) is 0 Å². The molecule has 0 aliphatic rings. The molecule has 92 valence electrons. The Bertz CT molecular complexity index is 401. The second-order valence-corrected chi connectivity index (χ2v) is 3.92. The van der Waals surface area contributed by atoms with Crippen molar-refractivity contribution in [2.75, 3.05) is 11.9 Å². The van der Waals surface area contributed by atoms with Gasteiger partial charge in [0.15, 0.2) is 0 Å². The summed E-state index contributed by atoms with van der Waals surface area (Å²) in [5, 5.41) is 5.44. The van der Waals surface area contributed by atoms with Gasteiger partial charge in [-0.3, -0.25) is 14.9 Å². The van der Waals surface area contributed by atoms with Crippen LogP contribution in [0.25, 0.3) is 0 Å². The monoisotopic (exact) mass is 235 g/mol. The molecular weight excluding hydrogens is 218 g/mol. The quantitative estimate of drug-likeness (QED) is 0.690. The van der Waals surface area contributed by atoms with Crippen molar-refractivity contribution in [2.45, 2.75) is 19.9 Å². The Labute approximate surface area is 100 Å². The number of hydrogen-bond donors (Lipinski definition) is 3. The van der Waals surface area contributed by atoms with E-state index in [1.807, 2.05) is 31.2 Å². The number of benzene rings is 1.